The van der Waals surface area contributed by atoms with Crippen LogP contribution in [-0.4, -0.2) is 35.1 Å². The van der Waals surface area contributed by atoms with Crippen LogP contribution >= 0.6 is 0 Å². The van der Waals surface area contributed by atoms with Crippen molar-refractivity contribution in [3.63, 3.8) is 0 Å². The molecule has 33 heavy (non-hydrogen) atoms. The fourth-order valence-electron chi connectivity index (χ4n) is 4.94. The third kappa shape index (κ3) is 4.27. The lowest BCUT2D eigenvalue weighted by atomic mass is 9.76. The molecule has 1 aliphatic rings. The Balaban J connectivity index is 1.61. The number of hydrogen-bond acceptors (Lipinski definition) is 4. The van der Waals surface area contributed by atoms with E-state index in [2.05, 4.69) is 83.8 Å². The summed E-state index contributed by atoms with van der Waals surface area (Å²) in [7, 11) is -0.487. The van der Waals surface area contributed by atoms with Crippen molar-refractivity contribution in [1.82, 2.24) is 4.81 Å². The average molecular weight is 436 g/mol. The topological polar surface area (TPSA) is 46.9 Å². The van der Waals surface area contributed by atoms with E-state index >= 15 is 0 Å². The van der Waals surface area contributed by atoms with Crippen molar-refractivity contribution >= 4 is 34.9 Å². The smallest absolute Gasteiger partial charge is 0.376 e. The number of rotatable bonds is 5. The zero-order valence-corrected chi connectivity index (χ0v) is 18.9. The Hall–Kier alpha value is -3.12. The zero-order valence-electron chi connectivity index (χ0n) is 18.9. The highest BCUT2D eigenvalue weighted by atomic mass is 16.3. The molecule has 0 spiro atoms. The molecule has 4 aromatic rings. The van der Waals surface area contributed by atoms with Crippen molar-refractivity contribution in [1.29, 1.82) is 0 Å². The van der Waals surface area contributed by atoms with Crippen molar-refractivity contribution in [2.75, 3.05) is 18.0 Å². The van der Waals surface area contributed by atoms with E-state index in [4.69, 9.17) is 0 Å². The largest absolute Gasteiger partial charge is 0.437 e. The molecule has 5 heteroatoms. The van der Waals surface area contributed by atoms with Gasteiger partial charge in [-0.2, -0.15) is 0 Å². The van der Waals surface area contributed by atoms with Gasteiger partial charge in [-0.3, -0.25) is 0 Å². The Labute approximate surface area is 195 Å². The minimum absolute atomic E-state index is 0.487. The van der Waals surface area contributed by atoms with Crippen LogP contribution in [0, 0.1) is 0 Å². The van der Waals surface area contributed by atoms with Crippen molar-refractivity contribution in [2.45, 2.75) is 25.3 Å². The number of nitrogens with zero attached hydrogens (tertiary/aromatic N) is 2. The maximum Gasteiger partial charge on any atom is 0.376 e. The second kappa shape index (κ2) is 9.03. The van der Waals surface area contributed by atoms with Gasteiger partial charge in [0.05, 0.1) is 5.60 Å². The summed E-state index contributed by atoms with van der Waals surface area (Å²) in [6, 6.07) is 33.4. The van der Waals surface area contributed by atoms with Gasteiger partial charge >= 0.3 is 7.05 Å². The van der Waals surface area contributed by atoms with Crippen LogP contribution in [0.4, 0.5) is 17.1 Å². The molecule has 0 aliphatic carbocycles. The Morgan fingerprint density at radius 3 is 1.94 bits per heavy atom. The van der Waals surface area contributed by atoms with Gasteiger partial charge < -0.3 is 19.8 Å². The highest BCUT2D eigenvalue weighted by Crippen LogP contribution is 2.40. The van der Waals surface area contributed by atoms with Gasteiger partial charge in [-0.25, -0.2) is 0 Å². The highest BCUT2D eigenvalue weighted by Gasteiger charge is 2.36. The summed E-state index contributed by atoms with van der Waals surface area (Å²) in [5, 5.41) is 23.8. The van der Waals surface area contributed by atoms with Crippen LogP contribution in [0.3, 0.4) is 0 Å². The van der Waals surface area contributed by atoms with Crippen LogP contribution in [0.5, 0.6) is 0 Å². The molecule has 1 fully saturated rings. The molecule has 0 atom stereocenters. The quantitative estimate of drug-likeness (QED) is 0.394. The van der Waals surface area contributed by atoms with E-state index in [1.165, 1.54) is 0 Å². The number of fused-ring (bicyclic) bond motifs is 1. The molecule has 1 saturated heterocycles. The lowest BCUT2D eigenvalue weighted by Gasteiger charge is -2.39. The molecule has 0 saturated carbocycles. The molecule has 4 nitrogen and oxygen atoms in total. The van der Waals surface area contributed by atoms with Gasteiger partial charge in [0.1, 0.15) is 0 Å². The summed E-state index contributed by atoms with van der Waals surface area (Å²) in [5.74, 6) is 0. The Bertz CT molecular complexity index is 1180. The minimum atomic E-state index is -0.909. The van der Waals surface area contributed by atoms with Crippen molar-refractivity contribution in [3.05, 3.63) is 103 Å². The zero-order chi connectivity index (χ0) is 22.8. The molecule has 5 rings (SSSR count). The summed E-state index contributed by atoms with van der Waals surface area (Å²) in [5.41, 5.74) is 3.29. The predicted octanol–water partition coefficient (Wildman–Crippen LogP) is 5.70. The monoisotopic (exact) mass is 436 g/mol. The van der Waals surface area contributed by atoms with Crippen LogP contribution in [0.1, 0.15) is 18.4 Å². The van der Waals surface area contributed by atoms with E-state index in [0.29, 0.717) is 25.9 Å². The second-order valence-corrected chi connectivity index (χ2v) is 8.92. The summed E-state index contributed by atoms with van der Waals surface area (Å²) in [4.78, 5) is 4.26. The first kappa shape index (κ1) is 21.7. The number of anilines is 3. The standard InChI is InChI=1S/C28H29BN2O2/c1-29(33)30-19-17-28(32,18-20-30)27-14-8-9-22-15-16-25(21-26(22)27)31(23-10-4-2-5-11-23)24-12-6-3-7-13-24/h2-16,21,32-33H,17-20H2,1H3. The summed E-state index contributed by atoms with van der Waals surface area (Å²) >= 11 is 0. The van der Waals surface area contributed by atoms with Crippen LogP contribution < -0.4 is 4.90 Å². The van der Waals surface area contributed by atoms with Crippen molar-refractivity contribution in [3.8, 4) is 0 Å². The van der Waals surface area contributed by atoms with E-state index in [0.717, 1.165) is 33.4 Å². The van der Waals surface area contributed by atoms with Crippen molar-refractivity contribution < 1.29 is 10.1 Å². The second-order valence-electron chi connectivity index (χ2n) is 8.92. The van der Waals surface area contributed by atoms with Gasteiger partial charge in [-0.05, 0) is 85.5 Å². The lowest BCUT2D eigenvalue weighted by molar-refractivity contribution is -0.0114. The molecule has 0 radical (unpaired) electrons. The van der Waals surface area contributed by atoms with Gasteiger partial charge in [0, 0.05) is 17.1 Å². The number of benzene rings is 4. The fraction of sp³-hybridized carbons (Fsp3) is 0.214. The first-order chi connectivity index (χ1) is 16.0. The van der Waals surface area contributed by atoms with Crippen LogP contribution in [0.15, 0.2) is 97.1 Å². The molecule has 1 heterocycles. The van der Waals surface area contributed by atoms with Crippen LogP contribution in [0.25, 0.3) is 10.8 Å². The average Bonchev–Trinajstić information content (AvgIpc) is 2.85. The molecule has 4 aromatic carbocycles. The van der Waals surface area contributed by atoms with E-state index in [1.54, 1.807) is 6.82 Å². The number of piperidine rings is 1. The van der Waals surface area contributed by atoms with E-state index in [9.17, 15) is 10.1 Å². The SMILES string of the molecule is CB(O)N1CCC(O)(c2cccc3ccc(N(c4ccccc4)c4ccccc4)cc23)CC1. The number of aliphatic hydroxyl groups is 1. The normalized spacial score (nSPS) is 16.0. The van der Waals surface area contributed by atoms with Gasteiger partial charge in [0.25, 0.3) is 0 Å². The van der Waals surface area contributed by atoms with E-state index in [1.807, 2.05) is 23.0 Å². The molecule has 0 amide bonds. The first-order valence-electron chi connectivity index (χ1n) is 11.6. The van der Waals surface area contributed by atoms with E-state index < -0.39 is 12.7 Å². The van der Waals surface area contributed by atoms with Gasteiger partial charge in [0.2, 0.25) is 0 Å². The van der Waals surface area contributed by atoms with Gasteiger partial charge in [0.15, 0.2) is 0 Å². The molecule has 0 aromatic heterocycles. The summed E-state index contributed by atoms with van der Waals surface area (Å²) < 4.78 is 0. The maximum atomic E-state index is 11.7. The van der Waals surface area contributed by atoms with Gasteiger partial charge in [-0.15, -0.1) is 0 Å². The van der Waals surface area contributed by atoms with Crippen molar-refractivity contribution in [2.24, 2.45) is 0 Å². The Morgan fingerprint density at radius 2 is 1.36 bits per heavy atom. The molecule has 166 valence electrons. The Morgan fingerprint density at radius 1 is 0.758 bits per heavy atom. The summed E-state index contributed by atoms with van der Waals surface area (Å²) in [6.07, 6.45) is 1.20. The predicted molar refractivity (Wildman–Crippen MR) is 137 cm³/mol. The first-order valence-corrected chi connectivity index (χ1v) is 11.6. The maximum absolute atomic E-state index is 11.7. The highest BCUT2D eigenvalue weighted by molar-refractivity contribution is 6.45. The van der Waals surface area contributed by atoms with E-state index in [-0.39, 0.29) is 0 Å². The Kier molecular flexibility index (Phi) is 5.94. The molecular formula is C28H29BN2O2. The fourth-order valence-corrected chi connectivity index (χ4v) is 4.94. The van der Waals surface area contributed by atoms with Crippen LogP contribution in [-0.2, 0) is 5.60 Å². The molecule has 2 N–H and O–H groups in total. The molecule has 0 unspecified atom stereocenters. The summed E-state index contributed by atoms with van der Waals surface area (Å²) in [6.45, 7) is 3.13. The minimum Gasteiger partial charge on any atom is -0.437 e. The lowest BCUT2D eigenvalue weighted by Crippen LogP contribution is -2.48. The molecular weight excluding hydrogens is 407 g/mol. The third-order valence-corrected chi connectivity index (χ3v) is 6.81. The molecule has 1 aliphatic heterocycles. The number of para-hydroxylation sites is 2. The molecule has 0 bridgehead atoms. The number of hydrogen-bond donors (Lipinski definition) is 2. The third-order valence-electron chi connectivity index (χ3n) is 6.81. The van der Waals surface area contributed by atoms with Gasteiger partial charge in [-0.1, -0.05) is 60.7 Å². The van der Waals surface area contributed by atoms with Crippen LogP contribution in [0.2, 0.25) is 6.82 Å².